The van der Waals surface area contributed by atoms with Crippen molar-refractivity contribution in [1.29, 1.82) is 0 Å². The molecular formula is C10H11ClN4O. The van der Waals surface area contributed by atoms with Gasteiger partial charge >= 0.3 is 0 Å². The second-order valence-electron chi connectivity index (χ2n) is 3.33. The number of aryl methyl sites for hydroxylation is 1. The number of hydrogen-bond acceptors (Lipinski definition) is 5. The standard InChI is InChI=1S/C10H11ClN4O/c1-7-14-9(11)4-10(15-7)12-3-2-8-5-13-16-6-8/h4-6H,2-3H2,1H3,(H,12,14,15). The molecule has 2 heterocycles. The zero-order chi connectivity index (χ0) is 11.4. The molecule has 16 heavy (non-hydrogen) atoms. The van der Waals surface area contributed by atoms with Crippen molar-refractivity contribution in [1.82, 2.24) is 15.1 Å². The largest absolute Gasteiger partial charge is 0.370 e. The van der Waals surface area contributed by atoms with Crippen molar-refractivity contribution in [3.63, 3.8) is 0 Å². The summed E-state index contributed by atoms with van der Waals surface area (Å²) in [5.74, 6) is 1.38. The van der Waals surface area contributed by atoms with Crippen LogP contribution in [0.15, 0.2) is 23.0 Å². The quantitative estimate of drug-likeness (QED) is 0.827. The highest BCUT2D eigenvalue weighted by molar-refractivity contribution is 6.29. The van der Waals surface area contributed by atoms with Crippen LogP contribution in [-0.4, -0.2) is 21.7 Å². The molecule has 84 valence electrons. The Labute approximate surface area is 97.8 Å². The molecule has 0 unspecified atom stereocenters. The number of rotatable bonds is 4. The molecule has 0 radical (unpaired) electrons. The number of aromatic nitrogens is 3. The van der Waals surface area contributed by atoms with E-state index in [1.54, 1.807) is 25.5 Å². The minimum absolute atomic E-state index is 0.444. The van der Waals surface area contributed by atoms with Crippen LogP contribution in [0.1, 0.15) is 11.4 Å². The summed E-state index contributed by atoms with van der Waals surface area (Å²) in [6.45, 7) is 2.55. The predicted octanol–water partition coefficient (Wildman–Crippen LogP) is 2.08. The van der Waals surface area contributed by atoms with Crippen LogP contribution in [0.3, 0.4) is 0 Å². The van der Waals surface area contributed by atoms with E-state index in [2.05, 4.69) is 20.4 Å². The highest BCUT2D eigenvalue weighted by Gasteiger charge is 2.00. The third-order valence-corrected chi connectivity index (χ3v) is 2.20. The Bertz CT molecular complexity index is 438. The Hall–Kier alpha value is -1.62. The van der Waals surface area contributed by atoms with E-state index in [1.165, 1.54) is 0 Å². The number of anilines is 1. The van der Waals surface area contributed by atoms with Crippen molar-refractivity contribution in [3.05, 3.63) is 35.1 Å². The molecule has 0 bridgehead atoms. The lowest BCUT2D eigenvalue weighted by Crippen LogP contribution is -2.07. The van der Waals surface area contributed by atoms with Gasteiger partial charge in [-0.1, -0.05) is 16.8 Å². The van der Waals surface area contributed by atoms with Crippen LogP contribution in [0.25, 0.3) is 0 Å². The fourth-order valence-electron chi connectivity index (χ4n) is 1.31. The smallest absolute Gasteiger partial charge is 0.134 e. The highest BCUT2D eigenvalue weighted by Crippen LogP contribution is 2.11. The van der Waals surface area contributed by atoms with E-state index >= 15 is 0 Å². The number of nitrogens with one attached hydrogen (secondary N) is 1. The van der Waals surface area contributed by atoms with Crippen LogP contribution in [-0.2, 0) is 6.42 Å². The van der Waals surface area contributed by atoms with Gasteiger partial charge in [0.2, 0.25) is 0 Å². The summed E-state index contributed by atoms with van der Waals surface area (Å²) in [6.07, 6.45) is 4.14. The Kier molecular flexibility index (Phi) is 3.36. The lowest BCUT2D eigenvalue weighted by molar-refractivity contribution is 0.419. The average Bonchev–Trinajstić information content (AvgIpc) is 2.69. The molecule has 0 aliphatic heterocycles. The molecule has 0 aliphatic rings. The SMILES string of the molecule is Cc1nc(Cl)cc(NCCc2cnoc2)n1. The molecule has 0 saturated heterocycles. The first-order valence-electron chi connectivity index (χ1n) is 4.87. The maximum absolute atomic E-state index is 5.81. The lowest BCUT2D eigenvalue weighted by atomic mass is 10.2. The summed E-state index contributed by atoms with van der Waals surface area (Å²) >= 11 is 5.81. The van der Waals surface area contributed by atoms with Crippen LogP contribution in [0.5, 0.6) is 0 Å². The maximum atomic E-state index is 5.81. The van der Waals surface area contributed by atoms with Gasteiger partial charge in [0.05, 0.1) is 6.20 Å². The van der Waals surface area contributed by atoms with Crippen molar-refractivity contribution in [3.8, 4) is 0 Å². The van der Waals surface area contributed by atoms with E-state index in [-0.39, 0.29) is 0 Å². The first kappa shape index (κ1) is 10.9. The van der Waals surface area contributed by atoms with E-state index in [0.717, 1.165) is 24.3 Å². The van der Waals surface area contributed by atoms with Gasteiger partial charge in [0.15, 0.2) is 0 Å². The molecule has 0 amide bonds. The van der Waals surface area contributed by atoms with Crippen LogP contribution in [0, 0.1) is 6.92 Å². The Morgan fingerprint density at radius 1 is 1.44 bits per heavy atom. The minimum atomic E-state index is 0.444. The average molecular weight is 239 g/mol. The van der Waals surface area contributed by atoms with Gasteiger partial charge in [0, 0.05) is 18.2 Å². The normalized spacial score (nSPS) is 10.4. The fraction of sp³-hybridized carbons (Fsp3) is 0.300. The van der Waals surface area contributed by atoms with E-state index in [1.807, 2.05) is 0 Å². The summed E-state index contributed by atoms with van der Waals surface area (Å²) < 4.78 is 4.73. The van der Waals surface area contributed by atoms with Gasteiger partial charge in [-0.05, 0) is 13.3 Å². The predicted molar refractivity (Wildman–Crippen MR) is 60.5 cm³/mol. The second kappa shape index (κ2) is 4.94. The van der Waals surface area contributed by atoms with Crippen molar-refractivity contribution < 1.29 is 4.52 Å². The van der Waals surface area contributed by atoms with E-state index < -0.39 is 0 Å². The van der Waals surface area contributed by atoms with Gasteiger partial charge in [-0.3, -0.25) is 0 Å². The fourth-order valence-corrected chi connectivity index (χ4v) is 1.53. The lowest BCUT2D eigenvalue weighted by Gasteiger charge is -2.05. The number of hydrogen-bond donors (Lipinski definition) is 1. The van der Waals surface area contributed by atoms with Gasteiger partial charge < -0.3 is 9.84 Å². The molecule has 5 nitrogen and oxygen atoms in total. The molecule has 2 aromatic rings. The van der Waals surface area contributed by atoms with Crippen molar-refractivity contribution >= 4 is 17.4 Å². The van der Waals surface area contributed by atoms with Gasteiger partial charge in [-0.2, -0.15) is 0 Å². The summed E-state index contributed by atoms with van der Waals surface area (Å²) in [6, 6.07) is 1.70. The Morgan fingerprint density at radius 3 is 3.00 bits per heavy atom. The van der Waals surface area contributed by atoms with E-state index in [0.29, 0.717) is 11.0 Å². The first-order chi connectivity index (χ1) is 7.74. The van der Waals surface area contributed by atoms with Crippen LogP contribution < -0.4 is 5.32 Å². The van der Waals surface area contributed by atoms with Crippen LogP contribution >= 0.6 is 11.6 Å². The topological polar surface area (TPSA) is 63.8 Å². The van der Waals surface area contributed by atoms with Crippen LogP contribution in [0.4, 0.5) is 5.82 Å². The molecule has 1 N–H and O–H groups in total. The maximum Gasteiger partial charge on any atom is 0.134 e. The Morgan fingerprint density at radius 2 is 2.31 bits per heavy atom. The van der Waals surface area contributed by atoms with Crippen molar-refractivity contribution in [2.75, 3.05) is 11.9 Å². The van der Waals surface area contributed by atoms with Gasteiger partial charge in [0.1, 0.15) is 23.1 Å². The monoisotopic (exact) mass is 238 g/mol. The molecule has 2 rings (SSSR count). The van der Waals surface area contributed by atoms with Gasteiger partial charge in [0.25, 0.3) is 0 Å². The third-order valence-electron chi connectivity index (χ3n) is 2.01. The van der Waals surface area contributed by atoms with E-state index in [9.17, 15) is 0 Å². The zero-order valence-corrected chi connectivity index (χ0v) is 9.53. The molecule has 0 aromatic carbocycles. The molecule has 2 aromatic heterocycles. The van der Waals surface area contributed by atoms with Crippen molar-refractivity contribution in [2.45, 2.75) is 13.3 Å². The third kappa shape index (κ3) is 2.93. The zero-order valence-electron chi connectivity index (χ0n) is 8.77. The molecule has 0 aliphatic carbocycles. The number of halogens is 1. The molecule has 0 spiro atoms. The first-order valence-corrected chi connectivity index (χ1v) is 5.25. The molecule has 0 saturated carbocycles. The Balaban J connectivity index is 1.89. The summed E-state index contributed by atoms with van der Waals surface area (Å²) in [7, 11) is 0. The van der Waals surface area contributed by atoms with Gasteiger partial charge in [-0.15, -0.1) is 0 Å². The molecular weight excluding hydrogens is 228 g/mol. The molecule has 6 heteroatoms. The second-order valence-corrected chi connectivity index (χ2v) is 3.72. The van der Waals surface area contributed by atoms with E-state index in [4.69, 9.17) is 16.1 Å². The van der Waals surface area contributed by atoms with Crippen LogP contribution in [0.2, 0.25) is 5.15 Å². The molecule has 0 fully saturated rings. The van der Waals surface area contributed by atoms with Crippen molar-refractivity contribution in [2.24, 2.45) is 0 Å². The van der Waals surface area contributed by atoms with Gasteiger partial charge in [-0.25, -0.2) is 9.97 Å². The summed E-state index contributed by atoms with van der Waals surface area (Å²) in [4.78, 5) is 8.19. The summed E-state index contributed by atoms with van der Waals surface area (Å²) in [5.41, 5.74) is 1.05. The highest BCUT2D eigenvalue weighted by atomic mass is 35.5. The summed E-state index contributed by atoms with van der Waals surface area (Å²) in [5, 5.41) is 7.23. The number of nitrogens with zero attached hydrogens (tertiary/aromatic N) is 3. The minimum Gasteiger partial charge on any atom is -0.370 e. The molecule has 0 atom stereocenters.